The number of pyridine rings is 1. The number of rotatable bonds is 4. The molecule has 0 saturated carbocycles. The Morgan fingerprint density at radius 1 is 1.15 bits per heavy atom. The molecule has 5 heteroatoms. The monoisotopic (exact) mass is 345 g/mol. The van der Waals surface area contributed by atoms with Crippen molar-refractivity contribution in [3.05, 3.63) is 83.4 Å². The molecule has 3 aromatic heterocycles. The number of hydrogen-bond donors (Lipinski definition) is 1. The lowest BCUT2D eigenvalue weighted by molar-refractivity contribution is 0.101. The zero-order valence-electron chi connectivity index (χ0n) is 14.7. The smallest absolute Gasteiger partial charge is 0.273 e. The van der Waals surface area contributed by atoms with E-state index in [1.165, 1.54) is 5.56 Å². The van der Waals surface area contributed by atoms with Crippen LogP contribution in [0.2, 0.25) is 0 Å². The lowest BCUT2D eigenvalue weighted by Gasteiger charge is -2.11. The summed E-state index contributed by atoms with van der Waals surface area (Å²) >= 11 is 0. The molecule has 5 nitrogen and oxygen atoms in total. The quantitative estimate of drug-likeness (QED) is 0.590. The molecule has 0 radical (unpaired) electrons. The summed E-state index contributed by atoms with van der Waals surface area (Å²) in [4.78, 5) is 17.1. The molecule has 0 aliphatic rings. The van der Waals surface area contributed by atoms with E-state index in [0.29, 0.717) is 23.6 Å². The number of aryl methyl sites for hydroxylation is 2. The van der Waals surface area contributed by atoms with E-state index in [2.05, 4.69) is 41.5 Å². The minimum atomic E-state index is -0.203. The van der Waals surface area contributed by atoms with Gasteiger partial charge in [0.15, 0.2) is 5.58 Å². The van der Waals surface area contributed by atoms with Crippen molar-refractivity contribution in [3.8, 4) is 0 Å². The lowest BCUT2D eigenvalue weighted by Crippen LogP contribution is -2.18. The molecule has 0 fully saturated rings. The zero-order chi connectivity index (χ0) is 18.1. The fourth-order valence-corrected chi connectivity index (χ4v) is 3.00. The molecule has 0 aliphatic carbocycles. The van der Waals surface area contributed by atoms with Crippen LogP contribution in [0.1, 0.15) is 27.2 Å². The fraction of sp³-hybridized carbons (Fsp3) is 0.143. The van der Waals surface area contributed by atoms with Gasteiger partial charge in [-0.2, -0.15) is 0 Å². The zero-order valence-corrected chi connectivity index (χ0v) is 14.7. The van der Waals surface area contributed by atoms with Crippen molar-refractivity contribution in [2.24, 2.45) is 0 Å². The van der Waals surface area contributed by atoms with Gasteiger partial charge in [0.1, 0.15) is 11.5 Å². The topological polar surface area (TPSA) is 60.1 Å². The van der Waals surface area contributed by atoms with Crippen LogP contribution in [-0.4, -0.2) is 15.5 Å². The Kier molecular flexibility index (Phi) is 4.05. The molecule has 130 valence electrons. The first-order valence-electron chi connectivity index (χ1n) is 8.47. The molecule has 0 aliphatic heterocycles. The third-order valence-electron chi connectivity index (χ3n) is 4.46. The number of hydrogen-bond acceptors (Lipinski definition) is 3. The summed E-state index contributed by atoms with van der Waals surface area (Å²) in [7, 11) is 0. The normalized spacial score (nSPS) is 11.0. The van der Waals surface area contributed by atoms with E-state index in [0.717, 1.165) is 16.6 Å². The Hall–Kier alpha value is -3.34. The molecule has 0 bridgehead atoms. The number of nitrogens with zero attached hydrogens (tertiary/aromatic N) is 2. The van der Waals surface area contributed by atoms with Gasteiger partial charge in [0.05, 0.1) is 11.8 Å². The molecule has 1 amide bonds. The van der Waals surface area contributed by atoms with Gasteiger partial charge in [-0.1, -0.05) is 35.9 Å². The minimum Gasteiger partial charge on any atom is -0.463 e. The van der Waals surface area contributed by atoms with Gasteiger partial charge in [-0.3, -0.25) is 4.79 Å². The minimum absolute atomic E-state index is 0.203. The second-order valence-electron chi connectivity index (χ2n) is 6.39. The summed E-state index contributed by atoms with van der Waals surface area (Å²) in [5, 5.41) is 2.90. The molecule has 0 saturated heterocycles. The summed E-state index contributed by atoms with van der Waals surface area (Å²) in [6, 6.07) is 15.7. The summed E-state index contributed by atoms with van der Waals surface area (Å²) in [5.41, 5.74) is 5.38. The highest BCUT2D eigenvalue weighted by Crippen LogP contribution is 2.24. The van der Waals surface area contributed by atoms with Gasteiger partial charge in [0.2, 0.25) is 0 Å². The Balaban J connectivity index is 1.70. The number of amides is 1. The predicted octanol–water partition coefficient (Wildman–Crippen LogP) is 4.55. The van der Waals surface area contributed by atoms with Crippen LogP contribution in [0.25, 0.3) is 11.1 Å². The van der Waals surface area contributed by atoms with E-state index in [-0.39, 0.29) is 5.91 Å². The van der Waals surface area contributed by atoms with Crippen LogP contribution in [0.5, 0.6) is 0 Å². The molecule has 0 unspecified atom stereocenters. The molecule has 26 heavy (non-hydrogen) atoms. The van der Waals surface area contributed by atoms with Gasteiger partial charge >= 0.3 is 0 Å². The molecular weight excluding hydrogens is 326 g/mol. The van der Waals surface area contributed by atoms with Crippen molar-refractivity contribution in [3.63, 3.8) is 0 Å². The second kappa shape index (κ2) is 6.52. The number of benzene rings is 1. The number of carbonyl (C=O) groups excluding carboxylic acids is 1. The Bertz CT molecular complexity index is 1070. The molecule has 0 spiro atoms. The van der Waals surface area contributed by atoms with E-state index < -0.39 is 0 Å². The first-order chi connectivity index (χ1) is 12.6. The summed E-state index contributed by atoms with van der Waals surface area (Å²) in [6.45, 7) is 4.56. The van der Waals surface area contributed by atoms with Gasteiger partial charge < -0.3 is 14.3 Å². The largest absolute Gasteiger partial charge is 0.463 e. The van der Waals surface area contributed by atoms with Gasteiger partial charge in [0.25, 0.3) is 5.91 Å². The maximum absolute atomic E-state index is 12.9. The van der Waals surface area contributed by atoms with Crippen molar-refractivity contribution in [1.82, 2.24) is 9.55 Å². The molecule has 3 heterocycles. The average Bonchev–Trinajstić information content (AvgIpc) is 3.21. The lowest BCUT2D eigenvalue weighted by atomic mass is 10.1. The fourth-order valence-electron chi connectivity index (χ4n) is 3.00. The Morgan fingerprint density at radius 2 is 1.96 bits per heavy atom. The van der Waals surface area contributed by atoms with E-state index in [1.54, 1.807) is 18.5 Å². The number of carbonyl (C=O) groups is 1. The van der Waals surface area contributed by atoms with Crippen LogP contribution in [0.3, 0.4) is 0 Å². The van der Waals surface area contributed by atoms with Gasteiger partial charge in [-0.25, -0.2) is 4.98 Å². The molecule has 0 atom stereocenters. The van der Waals surface area contributed by atoms with E-state index in [1.807, 2.05) is 29.7 Å². The van der Waals surface area contributed by atoms with Crippen LogP contribution in [0, 0.1) is 13.8 Å². The number of fused-ring (bicyclic) bond motifs is 1. The van der Waals surface area contributed by atoms with Crippen LogP contribution < -0.4 is 5.32 Å². The first kappa shape index (κ1) is 16.1. The summed E-state index contributed by atoms with van der Waals surface area (Å²) < 4.78 is 7.47. The number of nitrogens with one attached hydrogen (secondary N) is 1. The maximum Gasteiger partial charge on any atom is 0.273 e. The highest BCUT2D eigenvalue weighted by Gasteiger charge is 2.18. The molecule has 1 N–H and O–H groups in total. The van der Waals surface area contributed by atoms with Crippen LogP contribution in [0.15, 0.2) is 65.4 Å². The third kappa shape index (κ3) is 2.99. The van der Waals surface area contributed by atoms with E-state index >= 15 is 0 Å². The first-order valence-corrected chi connectivity index (χ1v) is 8.47. The second-order valence-corrected chi connectivity index (χ2v) is 6.39. The standard InChI is InChI=1S/C21H19N3O2/c1-14-5-7-16(8-6-14)13-24-17-9-11-26-19(17)12-18(24)21(25)23-20-15(2)4-3-10-22-20/h3-12H,13H2,1-2H3,(H,22,23,25). The number of furan rings is 1. The van der Waals surface area contributed by atoms with Gasteiger partial charge in [-0.15, -0.1) is 0 Å². The van der Waals surface area contributed by atoms with Crippen LogP contribution >= 0.6 is 0 Å². The molecule has 1 aromatic carbocycles. The van der Waals surface area contributed by atoms with Crippen molar-refractivity contribution in [1.29, 1.82) is 0 Å². The van der Waals surface area contributed by atoms with Gasteiger partial charge in [0, 0.05) is 24.9 Å². The molecule has 4 rings (SSSR count). The molecule has 4 aromatic rings. The summed E-state index contributed by atoms with van der Waals surface area (Å²) in [5.74, 6) is 0.363. The average molecular weight is 345 g/mol. The van der Waals surface area contributed by atoms with Crippen molar-refractivity contribution in [2.45, 2.75) is 20.4 Å². The van der Waals surface area contributed by atoms with Crippen molar-refractivity contribution < 1.29 is 9.21 Å². The SMILES string of the molecule is Cc1ccc(Cn2c(C(=O)Nc3ncccc3C)cc3occc32)cc1. The third-order valence-corrected chi connectivity index (χ3v) is 4.46. The Morgan fingerprint density at radius 3 is 2.73 bits per heavy atom. The number of aromatic nitrogens is 2. The Labute approximate surface area is 151 Å². The van der Waals surface area contributed by atoms with Crippen LogP contribution in [0.4, 0.5) is 5.82 Å². The van der Waals surface area contributed by atoms with Crippen molar-refractivity contribution in [2.75, 3.05) is 5.32 Å². The summed E-state index contributed by atoms with van der Waals surface area (Å²) in [6.07, 6.45) is 3.31. The maximum atomic E-state index is 12.9. The highest BCUT2D eigenvalue weighted by molar-refractivity contribution is 6.05. The van der Waals surface area contributed by atoms with E-state index in [4.69, 9.17) is 4.42 Å². The van der Waals surface area contributed by atoms with E-state index in [9.17, 15) is 4.79 Å². The molecular formula is C21H19N3O2. The predicted molar refractivity (Wildman–Crippen MR) is 101 cm³/mol. The highest BCUT2D eigenvalue weighted by atomic mass is 16.3. The van der Waals surface area contributed by atoms with Gasteiger partial charge in [-0.05, 0) is 31.0 Å². The number of anilines is 1. The van der Waals surface area contributed by atoms with Crippen molar-refractivity contribution >= 4 is 22.8 Å². The van der Waals surface area contributed by atoms with Crippen LogP contribution in [-0.2, 0) is 6.54 Å².